The van der Waals surface area contributed by atoms with E-state index in [4.69, 9.17) is 9.47 Å². The molecule has 0 spiro atoms. The molecule has 1 aromatic carbocycles. The van der Waals surface area contributed by atoms with Crippen molar-refractivity contribution in [1.82, 2.24) is 4.90 Å². The van der Waals surface area contributed by atoms with E-state index in [1.165, 1.54) is 24.9 Å². The summed E-state index contributed by atoms with van der Waals surface area (Å²) in [6.45, 7) is 8.13. The average Bonchev–Trinajstić information content (AvgIpc) is 2.49. The van der Waals surface area contributed by atoms with Gasteiger partial charge in [0.15, 0.2) is 0 Å². The third kappa shape index (κ3) is 5.51. The molecular formula is C17H27NO2. The van der Waals surface area contributed by atoms with E-state index in [9.17, 15) is 0 Å². The maximum Gasteiger partial charge on any atom is 0.119 e. The van der Waals surface area contributed by atoms with Crippen molar-refractivity contribution in [2.75, 3.05) is 39.5 Å². The molecular weight excluding hydrogens is 250 g/mol. The first-order valence-electron chi connectivity index (χ1n) is 7.90. The van der Waals surface area contributed by atoms with E-state index in [1.807, 2.05) is 0 Å². The minimum atomic E-state index is 0.827. The maximum absolute atomic E-state index is 5.76. The molecule has 3 nitrogen and oxygen atoms in total. The molecule has 0 bridgehead atoms. The van der Waals surface area contributed by atoms with Crippen molar-refractivity contribution >= 4 is 0 Å². The van der Waals surface area contributed by atoms with E-state index in [0.717, 1.165) is 51.5 Å². The number of hydrogen-bond acceptors (Lipinski definition) is 3. The Balaban J connectivity index is 1.70. The molecule has 1 aromatic rings. The topological polar surface area (TPSA) is 21.7 Å². The molecule has 1 fully saturated rings. The fourth-order valence-electron chi connectivity index (χ4n) is 2.46. The Hall–Kier alpha value is -1.06. The zero-order valence-electron chi connectivity index (χ0n) is 12.6. The van der Waals surface area contributed by atoms with E-state index in [-0.39, 0.29) is 0 Å². The smallest absolute Gasteiger partial charge is 0.119 e. The summed E-state index contributed by atoms with van der Waals surface area (Å²) in [5.41, 5.74) is 1.38. The number of ether oxygens (including phenoxy) is 2. The van der Waals surface area contributed by atoms with E-state index in [2.05, 4.69) is 36.1 Å². The molecule has 3 heteroatoms. The number of benzene rings is 1. The quantitative estimate of drug-likeness (QED) is 0.681. The van der Waals surface area contributed by atoms with Gasteiger partial charge in [0, 0.05) is 13.1 Å². The van der Waals surface area contributed by atoms with Crippen LogP contribution in [0.2, 0.25) is 0 Å². The summed E-state index contributed by atoms with van der Waals surface area (Å²) < 4.78 is 11.1. The third-order valence-corrected chi connectivity index (χ3v) is 3.71. The van der Waals surface area contributed by atoms with Crippen molar-refractivity contribution in [1.29, 1.82) is 0 Å². The standard InChI is InChI=1S/C17H27NO2/c1-2-3-12-20-17-8-4-6-16(15-17)7-5-9-18-10-13-19-14-11-18/h4,6,8,15H,2-3,5,7,9-14H2,1H3. The molecule has 1 saturated heterocycles. The predicted molar refractivity (Wildman–Crippen MR) is 82.4 cm³/mol. The minimum absolute atomic E-state index is 0.827. The summed E-state index contributed by atoms with van der Waals surface area (Å²) in [5.74, 6) is 1.02. The number of unbranched alkanes of at least 4 members (excludes halogenated alkanes) is 1. The second-order valence-electron chi connectivity index (χ2n) is 5.41. The van der Waals surface area contributed by atoms with Gasteiger partial charge >= 0.3 is 0 Å². The minimum Gasteiger partial charge on any atom is -0.494 e. The molecule has 0 aromatic heterocycles. The van der Waals surface area contributed by atoms with Crippen LogP contribution < -0.4 is 4.74 Å². The van der Waals surface area contributed by atoms with Crippen molar-refractivity contribution < 1.29 is 9.47 Å². The van der Waals surface area contributed by atoms with Gasteiger partial charge in [-0.15, -0.1) is 0 Å². The number of morpholine rings is 1. The lowest BCUT2D eigenvalue weighted by Crippen LogP contribution is -2.36. The Kier molecular flexibility index (Phi) is 6.89. The van der Waals surface area contributed by atoms with Crippen LogP contribution in [0, 0.1) is 0 Å². The summed E-state index contributed by atoms with van der Waals surface area (Å²) >= 11 is 0. The van der Waals surface area contributed by atoms with Gasteiger partial charge in [-0.1, -0.05) is 25.5 Å². The molecule has 0 atom stereocenters. The van der Waals surface area contributed by atoms with Crippen LogP contribution in [0.4, 0.5) is 0 Å². The first-order valence-corrected chi connectivity index (χ1v) is 7.90. The van der Waals surface area contributed by atoms with E-state index < -0.39 is 0 Å². The lowest BCUT2D eigenvalue weighted by atomic mass is 10.1. The van der Waals surface area contributed by atoms with Crippen LogP contribution in [0.1, 0.15) is 31.7 Å². The van der Waals surface area contributed by atoms with Crippen LogP contribution >= 0.6 is 0 Å². The Morgan fingerprint density at radius 1 is 1.20 bits per heavy atom. The van der Waals surface area contributed by atoms with Gasteiger partial charge in [-0.05, 0) is 43.5 Å². The van der Waals surface area contributed by atoms with Gasteiger partial charge in [0.05, 0.1) is 19.8 Å². The largest absolute Gasteiger partial charge is 0.494 e. The highest BCUT2D eigenvalue weighted by Gasteiger charge is 2.09. The Bertz CT molecular complexity index is 375. The van der Waals surface area contributed by atoms with Gasteiger partial charge in [0.1, 0.15) is 5.75 Å². The summed E-state index contributed by atoms with van der Waals surface area (Å²) in [4.78, 5) is 2.49. The van der Waals surface area contributed by atoms with Crippen LogP contribution in [0.25, 0.3) is 0 Å². The molecule has 2 rings (SSSR count). The summed E-state index contributed by atoms with van der Waals surface area (Å²) in [6.07, 6.45) is 4.64. The monoisotopic (exact) mass is 277 g/mol. The molecule has 0 amide bonds. The van der Waals surface area contributed by atoms with E-state index >= 15 is 0 Å². The highest BCUT2D eigenvalue weighted by molar-refractivity contribution is 5.28. The van der Waals surface area contributed by atoms with Crippen molar-refractivity contribution in [3.63, 3.8) is 0 Å². The Morgan fingerprint density at radius 2 is 2.05 bits per heavy atom. The first kappa shape index (κ1) is 15.3. The molecule has 0 radical (unpaired) electrons. The van der Waals surface area contributed by atoms with E-state index in [1.54, 1.807) is 0 Å². The summed E-state index contributed by atoms with van der Waals surface area (Å²) in [5, 5.41) is 0. The normalized spacial score (nSPS) is 16.2. The summed E-state index contributed by atoms with van der Waals surface area (Å²) in [6, 6.07) is 8.55. The lowest BCUT2D eigenvalue weighted by Gasteiger charge is -2.26. The number of rotatable bonds is 8. The molecule has 0 N–H and O–H groups in total. The molecule has 112 valence electrons. The van der Waals surface area contributed by atoms with Crippen molar-refractivity contribution in [3.8, 4) is 5.75 Å². The molecule has 1 aliphatic rings. The number of nitrogens with zero attached hydrogens (tertiary/aromatic N) is 1. The van der Waals surface area contributed by atoms with Crippen molar-refractivity contribution in [2.45, 2.75) is 32.6 Å². The summed E-state index contributed by atoms with van der Waals surface area (Å²) in [7, 11) is 0. The molecule has 1 heterocycles. The van der Waals surface area contributed by atoms with Gasteiger partial charge in [0.2, 0.25) is 0 Å². The Morgan fingerprint density at radius 3 is 2.85 bits per heavy atom. The van der Waals surface area contributed by atoms with Crippen LogP contribution in [0.15, 0.2) is 24.3 Å². The van der Waals surface area contributed by atoms with Crippen molar-refractivity contribution in [3.05, 3.63) is 29.8 Å². The fourth-order valence-corrected chi connectivity index (χ4v) is 2.46. The maximum atomic E-state index is 5.76. The third-order valence-electron chi connectivity index (χ3n) is 3.71. The van der Waals surface area contributed by atoms with Gasteiger partial charge < -0.3 is 9.47 Å². The molecule has 0 unspecified atom stereocenters. The molecule has 0 aliphatic carbocycles. The average molecular weight is 277 g/mol. The van der Waals surface area contributed by atoms with Gasteiger partial charge in [-0.2, -0.15) is 0 Å². The fraction of sp³-hybridized carbons (Fsp3) is 0.647. The van der Waals surface area contributed by atoms with Crippen LogP contribution in [0.3, 0.4) is 0 Å². The molecule has 0 saturated carbocycles. The SMILES string of the molecule is CCCCOc1cccc(CCCN2CCOCC2)c1. The zero-order chi connectivity index (χ0) is 14.0. The zero-order valence-corrected chi connectivity index (χ0v) is 12.6. The molecule has 20 heavy (non-hydrogen) atoms. The van der Waals surface area contributed by atoms with Gasteiger partial charge in [0.25, 0.3) is 0 Å². The highest BCUT2D eigenvalue weighted by atomic mass is 16.5. The Labute approximate surface area is 122 Å². The molecule has 1 aliphatic heterocycles. The van der Waals surface area contributed by atoms with Crippen LogP contribution in [-0.2, 0) is 11.2 Å². The second kappa shape index (κ2) is 8.98. The van der Waals surface area contributed by atoms with Crippen LogP contribution in [-0.4, -0.2) is 44.4 Å². The van der Waals surface area contributed by atoms with Crippen molar-refractivity contribution in [2.24, 2.45) is 0 Å². The van der Waals surface area contributed by atoms with Gasteiger partial charge in [-0.3, -0.25) is 4.90 Å². The number of aryl methyl sites for hydroxylation is 1. The van der Waals surface area contributed by atoms with E-state index in [0.29, 0.717) is 0 Å². The predicted octanol–water partition coefficient (Wildman–Crippen LogP) is 3.13. The van der Waals surface area contributed by atoms with Crippen LogP contribution in [0.5, 0.6) is 5.75 Å². The number of hydrogen-bond donors (Lipinski definition) is 0. The second-order valence-corrected chi connectivity index (χ2v) is 5.41. The highest BCUT2D eigenvalue weighted by Crippen LogP contribution is 2.15. The lowest BCUT2D eigenvalue weighted by molar-refractivity contribution is 0.0374. The first-order chi connectivity index (χ1) is 9.88. The van der Waals surface area contributed by atoms with Gasteiger partial charge in [-0.25, -0.2) is 0 Å².